The number of benzene rings is 2. The number of ether oxygens (including phenoxy) is 1. The van der Waals surface area contributed by atoms with E-state index in [0.29, 0.717) is 16.9 Å². The summed E-state index contributed by atoms with van der Waals surface area (Å²) in [5.41, 5.74) is 1.19. The molecule has 0 aromatic heterocycles. The van der Waals surface area contributed by atoms with Crippen molar-refractivity contribution in [1.82, 2.24) is 0 Å². The largest absolute Gasteiger partial charge is 0.496 e. The summed E-state index contributed by atoms with van der Waals surface area (Å²) in [7, 11) is 1.56. The van der Waals surface area contributed by atoms with Gasteiger partial charge in [-0.15, -0.1) is 0 Å². The molecule has 1 atom stereocenters. The van der Waals surface area contributed by atoms with Gasteiger partial charge in [0.1, 0.15) is 5.75 Å². The minimum absolute atomic E-state index is 0.0177. The van der Waals surface area contributed by atoms with Crippen LogP contribution >= 0.6 is 15.9 Å². The Balaban J connectivity index is 2.24. The van der Waals surface area contributed by atoms with Crippen molar-refractivity contribution in [3.05, 3.63) is 68.2 Å². The van der Waals surface area contributed by atoms with Gasteiger partial charge in [0.25, 0.3) is 5.69 Å². The van der Waals surface area contributed by atoms with Gasteiger partial charge in [0.2, 0.25) is 0 Å². The van der Waals surface area contributed by atoms with E-state index >= 15 is 0 Å². The highest BCUT2D eigenvalue weighted by Crippen LogP contribution is 2.30. The third kappa shape index (κ3) is 3.59. The summed E-state index contributed by atoms with van der Waals surface area (Å²) in [6, 6.07) is 11.6. The maximum Gasteiger partial charge on any atom is 0.272 e. The number of methoxy groups -OCH3 is 1. The zero-order valence-electron chi connectivity index (χ0n) is 11.3. The lowest BCUT2D eigenvalue weighted by Gasteiger charge is -2.13. The van der Waals surface area contributed by atoms with Crippen molar-refractivity contribution in [1.29, 1.82) is 0 Å². The summed E-state index contributed by atoms with van der Waals surface area (Å²) in [6.45, 7) is 0. The standard InChI is InChI=1S/C15H14BrNO4/c1-21-15-7-6-11(8-12(15)16)14(18)9-10-4-2-3-5-13(10)17(19)20/h2-8,14,18H,9H2,1H3. The third-order valence-electron chi connectivity index (χ3n) is 3.16. The van der Waals surface area contributed by atoms with E-state index in [-0.39, 0.29) is 12.1 Å². The Kier molecular flexibility index (Phi) is 4.93. The fourth-order valence-corrected chi connectivity index (χ4v) is 2.64. The van der Waals surface area contributed by atoms with Crippen molar-refractivity contribution in [2.45, 2.75) is 12.5 Å². The Morgan fingerprint density at radius 2 is 2.05 bits per heavy atom. The molecule has 1 unspecified atom stereocenters. The molecule has 0 aliphatic heterocycles. The van der Waals surface area contributed by atoms with Crippen LogP contribution < -0.4 is 4.74 Å². The molecule has 0 saturated carbocycles. The molecular weight excluding hydrogens is 338 g/mol. The lowest BCUT2D eigenvalue weighted by Crippen LogP contribution is -2.04. The fourth-order valence-electron chi connectivity index (χ4n) is 2.08. The van der Waals surface area contributed by atoms with Crippen LogP contribution in [-0.2, 0) is 6.42 Å². The monoisotopic (exact) mass is 351 g/mol. The predicted molar refractivity (Wildman–Crippen MR) is 82.5 cm³/mol. The zero-order valence-corrected chi connectivity index (χ0v) is 12.9. The minimum atomic E-state index is -0.826. The molecule has 21 heavy (non-hydrogen) atoms. The van der Waals surface area contributed by atoms with E-state index in [9.17, 15) is 15.2 Å². The Bertz CT molecular complexity index is 660. The van der Waals surface area contributed by atoms with E-state index in [0.717, 1.165) is 4.47 Å². The molecule has 0 saturated heterocycles. The van der Waals surface area contributed by atoms with E-state index in [1.165, 1.54) is 6.07 Å². The quantitative estimate of drug-likeness (QED) is 0.659. The van der Waals surface area contributed by atoms with E-state index in [2.05, 4.69) is 15.9 Å². The minimum Gasteiger partial charge on any atom is -0.496 e. The average molecular weight is 352 g/mol. The molecule has 110 valence electrons. The number of hydrogen-bond donors (Lipinski definition) is 1. The highest BCUT2D eigenvalue weighted by molar-refractivity contribution is 9.10. The summed E-state index contributed by atoms with van der Waals surface area (Å²) in [4.78, 5) is 10.5. The second-order valence-electron chi connectivity index (χ2n) is 4.50. The maximum atomic E-state index is 11.0. The Hall–Kier alpha value is -1.92. The molecule has 6 heteroatoms. The van der Waals surface area contributed by atoms with Gasteiger partial charge >= 0.3 is 0 Å². The number of nitrogens with zero attached hydrogens (tertiary/aromatic N) is 1. The first-order valence-corrected chi connectivity index (χ1v) is 7.06. The van der Waals surface area contributed by atoms with Gasteiger partial charge < -0.3 is 9.84 Å². The van der Waals surface area contributed by atoms with Gasteiger partial charge in [0.15, 0.2) is 0 Å². The van der Waals surface area contributed by atoms with E-state index in [1.807, 2.05) is 0 Å². The lowest BCUT2D eigenvalue weighted by molar-refractivity contribution is -0.385. The Morgan fingerprint density at radius 3 is 2.67 bits per heavy atom. The highest BCUT2D eigenvalue weighted by atomic mass is 79.9. The van der Waals surface area contributed by atoms with E-state index < -0.39 is 11.0 Å². The van der Waals surface area contributed by atoms with Gasteiger partial charge in [-0.2, -0.15) is 0 Å². The van der Waals surface area contributed by atoms with Crippen molar-refractivity contribution in [2.75, 3.05) is 7.11 Å². The smallest absolute Gasteiger partial charge is 0.272 e. The normalized spacial score (nSPS) is 12.0. The van der Waals surface area contributed by atoms with Crippen molar-refractivity contribution in [3.8, 4) is 5.75 Å². The van der Waals surface area contributed by atoms with Crippen LogP contribution in [0.25, 0.3) is 0 Å². The molecule has 2 rings (SSSR count). The SMILES string of the molecule is COc1ccc(C(O)Cc2ccccc2[N+](=O)[O-])cc1Br. The molecule has 0 heterocycles. The highest BCUT2D eigenvalue weighted by Gasteiger charge is 2.17. The molecule has 1 N–H and O–H groups in total. The second kappa shape index (κ2) is 6.69. The van der Waals surface area contributed by atoms with Gasteiger partial charge in [0.05, 0.1) is 22.6 Å². The molecule has 0 radical (unpaired) electrons. The molecule has 0 aliphatic carbocycles. The number of aliphatic hydroxyl groups excluding tert-OH is 1. The number of rotatable bonds is 5. The van der Waals surface area contributed by atoms with Gasteiger partial charge in [0, 0.05) is 18.1 Å². The molecule has 5 nitrogen and oxygen atoms in total. The van der Waals surface area contributed by atoms with Crippen molar-refractivity contribution < 1.29 is 14.8 Å². The molecule has 0 fully saturated rings. The van der Waals surface area contributed by atoms with Gasteiger partial charge in [-0.3, -0.25) is 10.1 Å². The zero-order chi connectivity index (χ0) is 15.4. The molecule has 2 aromatic rings. The number of aliphatic hydroxyl groups is 1. The first kappa shape index (κ1) is 15.5. The molecule has 0 amide bonds. The van der Waals surface area contributed by atoms with Gasteiger partial charge in [-0.25, -0.2) is 0 Å². The Labute approximate surface area is 130 Å². The van der Waals surface area contributed by atoms with Crippen molar-refractivity contribution in [3.63, 3.8) is 0 Å². The van der Waals surface area contributed by atoms with E-state index in [4.69, 9.17) is 4.74 Å². The average Bonchev–Trinajstić information content (AvgIpc) is 2.47. The summed E-state index contributed by atoms with van der Waals surface area (Å²) >= 11 is 3.35. The van der Waals surface area contributed by atoms with Crippen LogP contribution in [0.3, 0.4) is 0 Å². The van der Waals surface area contributed by atoms with Crippen LogP contribution in [0.5, 0.6) is 5.75 Å². The fraction of sp³-hybridized carbons (Fsp3) is 0.200. The van der Waals surface area contributed by atoms with Crippen LogP contribution in [-0.4, -0.2) is 17.1 Å². The summed E-state index contributed by atoms with van der Waals surface area (Å²) in [5, 5.41) is 21.3. The van der Waals surface area contributed by atoms with Gasteiger partial charge in [-0.1, -0.05) is 24.3 Å². The van der Waals surface area contributed by atoms with E-state index in [1.54, 1.807) is 43.5 Å². The number of halogens is 1. The lowest BCUT2D eigenvalue weighted by atomic mass is 10.0. The summed E-state index contributed by atoms with van der Waals surface area (Å²) in [6.07, 6.45) is -0.649. The van der Waals surface area contributed by atoms with Crippen LogP contribution in [0.4, 0.5) is 5.69 Å². The topological polar surface area (TPSA) is 72.6 Å². The van der Waals surface area contributed by atoms with Gasteiger partial charge in [-0.05, 0) is 33.6 Å². The molecule has 0 aliphatic rings. The molecule has 0 bridgehead atoms. The van der Waals surface area contributed by atoms with Crippen LogP contribution in [0.1, 0.15) is 17.2 Å². The summed E-state index contributed by atoms with van der Waals surface area (Å²) in [5.74, 6) is 0.664. The molecule has 2 aromatic carbocycles. The summed E-state index contributed by atoms with van der Waals surface area (Å²) < 4.78 is 5.86. The second-order valence-corrected chi connectivity index (χ2v) is 5.35. The molecular formula is C15H14BrNO4. The number of para-hydroxylation sites is 1. The maximum absolute atomic E-state index is 11.0. The molecule has 0 spiro atoms. The van der Waals surface area contributed by atoms with Crippen LogP contribution in [0.2, 0.25) is 0 Å². The number of nitro groups is 1. The first-order chi connectivity index (χ1) is 10.0. The predicted octanol–water partition coefficient (Wildman–Crippen LogP) is 3.64. The first-order valence-electron chi connectivity index (χ1n) is 6.26. The van der Waals surface area contributed by atoms with Crippen molar-refractivity contribution >= 4 is 21.6 Å². The van der Waals surface area contributed by atoms with Crippen LogP contribution in [0.15, 0.2) is 46.9 Å². The van der Waals surface area contributed by atoms with Crippen LogP contribution in [0, 0.1) is 10.1 Å². The number of nitro benzene ring substituents is 1. The third-order valence-corrected chi connectivity index (χ3v) is 3.78. The number of hydrogen-bond acceptors (Lipinski definition) is 4. The Morgan fingerprint density at radius 1 is 1.33 bits per heavy atom. The van der Waals surface area contributed by atoms with Crippen molar-refractivity contribution in [2.24, 2.45) is 0 Å².